The smallest absolute Gasteiger partial charge is 0.326 e. The molecular weight excluding hydrogens is 303 g/mol. The van der Waals surface area contributed by atoms with E-state index in [1.54, 1.807) is 0 Å². The summed E-state index contributed by atoms with van der Waals surface area (Å²) in [6.07, 6.45) is 0. The molecule has 0 saturated carbocycles. The van der Waals surface area contributed by atoms with Crippen LogP contribution < -0.4 is 5.73 Å². The third-order valence-electron chi connectivity index (χ3n) is 3.13. The molecule has 1 aliphatic heterocycles. The van der Waals surface area contributed by atoms with Crippen molar-refractivity contribution >= 4 is 21.7 Å². The van der Waals surface area contributed by atoms with E-state index in [0.717, 1.165) is 23.5 Å². The Bertz CT molecular complexity index is 649. The molecule has 116 valence electrons. The molecule has 1 aliphatic rings. The SMILES string of the molecule is COC(=O)C1COCCN1S(=O)(=O)c1ccc(N)c(F)c1. The van der Waals surface area contributed by atoms with Crippen molar-refractivity contribution in [3.8, 4) is 0 Å². The number of morpholine rings is 1. The van der Waals surface area contributed by atoms with E-state index in [9.17, 15) is 17.6 Å². The van der Waals surface area contributed by atoms with Gasteiger partial charge in [-0.25, -0.2) is 12.8 Å². The van der Waals surface area contributed by atoms with Crippen molar-refractivity contribution in [1.29, 1.82) is 0 Å². The maximum absolute atomic E-state index is 13.5. The van der Waals surface area contributed by atoms with Crippen LogP contribution >= 0.6 is 0 Å². The molecule has 0 radical (unpaired) electrons. The van der Waals surface area contributed by atoms with E-state index >= 15 is 0 Å². The Morgan fingerprint density at radius 1 is 1.52 bits per heavy atom. The Kier molecular flexibility index (Phi) is 4.45. The minimum atomic E-state index is -4.05. The minimum absolute atomic E-state index is 0.0197. The number of methoxy groups -OCH3 is 1. The number of sulfonamides is 1. The number of ether oxygens (including phenoxy) is 2. The molecule has 0 aromatic heterocycles. The van der Waals surface area contributed by atoms with Crippen molar-refractivity contribution in [1.82, 2.24) is 4.31 Å². The fourth-order valence-electron chi connectivity index (χ4n) is 2.00. The van der Waals surface area contributed by atoms with Crippen LogP contribution in [-0.2, 0) is 24.3 Å². The predicted octanol–water partition coefficient (Wildman–Crippen LogP) is -0.0296. The molecule has 9 heteroatoms. The third kappa shape index (κ3) is 2.99. The van der Waals surface area contributed by atoms with Crippen LogP contribution in [0.15, 0.2) is 23.1 Å². The maximum Gasteiger partial charge on any atom is 0.326 e. The lowest BCUT2D eigenvalue weighted by Crippen LogP contribution is -2.52. The number of carbonyl (C=O) groups is 1. The van der Waals surface area contributed by atoms with Gasteiger partial charge in [-0.2, -0.15) is 4.31 Å². The molecule has 7 nitrogen and oxygen atoms in total. The van der Waals surface area contributed by atoms with E-state index in [4.69, 9.17) is 10.5 Å². The molecule has 2 N–H and O–H groups in total. The number of nitrogens with zero attached hydrogens (tertiary/aromatic N) is 1. The van der Waals surface area contributed by atoms with Gasteiger partial charge in [0.1, 0.15) is 11.9 Å². The zero-order valence-corrected chi connectivity index (χ0v) is 12.1. The van der Waals surface area contributed by atoms with E-state index in [2.05, 4.69) is 4.74 Å². The van der Waals surface area contributed by atoms with E-state index in [0.29, 0.717) is 0 Å². The van der Waals surface area contributed by atoms with Crippen molar-refractivity contribution < 1.29 is 27.1 Å². The Morgan fingerprint density at radius 3 is 2.86 bits per heavy atom. The standard InChI is InChI=1S/C12H15FN2O5S/c1-19-12(16)11-7-20-5-4-15(11)21(17,18)8-2-3-10(14)9(13)6-8/h2-3,6,11H,4-5,7,14H2,1H3. The second-order valence-corrected chi connectivity index (χ2v) is 6.30. The van der Waals surface area contributed by atoms with Crippen molar-refractivity contribution in [2.45, 2.75) is 10.9 Å². The van der Waals surface area contributed by atoms with Crippen LogP contribution in [0.5, 0.6) is 0 Å². The van der Waals surface area contributed by atoms with Gasteiger partial charge in [-0.05, 0) is 18.2 Å². The minimum Gasteiger partial charge on any atom is -0.468 e. The van der Waals surface area contributed by atoms with E-state index in [1.807, 2.05) is 0 Å². The van der Waals surface area contributed by atoms with Crippen LogP contribution in [0.2, 0.25) is 0 Å². The number of hydrogen-bond donors (Lipinski definition) is 1. The fraction of sp³-hybridized carbons (Fsp3) is 0.417. The number of benzene rings is 1. The molecule has 2 rings (SSSR count). The molecule has 1 aromatic carbocycles. The topological polar surface area (TPSA) is 98.9 Å². The summed E-state index contributed by atoms with van der Waals surface area (Å²) in [4.78, 5) is 11.4. The molecule has 1 aromatic rings. The molecule has 1 atom stereocenters. The van der Waals surface area contributed by atoms with Gasteiger partial charge in [0.15, 0.2) is 0 Å². The Morgan fingerprint density at radius 2 is 2.24 bits per heavy atom. The average molecular weight is 318 g/mol. The van der Waals surface area contributed by atoms with Crippen molar-refractivity contribution in [3.05, 3.63) is 24.0 Å². The van der Waals surface area contributed by atoms with Crippen LogP contribution in [0.1, 0.15) is 0 Å². The van der Waals surface area contributed by atoms with Gasteiger partial charge in [0.25, 0.3) is 0 Å². The van der Waals surface area contributed by atoms with Gasteiger partial charge in [0, 0.05) is 6.54 Å². The van der Waals surface area contributed by atoms with Gasteiger partial charge >= 0.3 is 5.97 Å². The number of esters is 1. The highest BCUT2D eigenvalue weighted by Gasteiger charge is 2.39. The Labute approximate surface area is 121 Å². The highest BCUT2D eigenvalue weighted by atomic mass is 32.2. The molecule has 0 aliphatic carbocycles. The first-order chi connectivity index (χ1) is 9.87. The maximum atomic E-state index is 13.5. The second-order valence-electron chi connectivity index (χ2n) is 4.41. The molecule has 21 heavy (non-hydrogen) atoms. The first-order valence-corrected chi connectivity index (χ1v) is 7.54. The molecule has 0 spiro atoms. The summed E-state index contributed by atoms with van der Waals surface area (Å²) in [6.45, 7) is 0.0155. The van der Waals surface area contributed by atoms with Gasteiger partial charge in [-0.15, -0.1) is 0 Å². The quantitative estimate of drug-likeness (QED) is 0.621. The summed E-state index contributed by atoms with van der Waals surface area (Å²) in [5.74, 6) is -1.56. The Balaban J connectivity index is 2.40. The number of carbonyl (C=O) groups excluding carboxylic acids is 1. The van der Waals surface area contributed by atoms with Crippen molar-refractivity contribution in [3.63, 3.8) is 0 Å². The first-order valence-electron chi connectivity index (χ1n) is 6.10. The summed E-state index contributed by atoms with van der Waals surface area (Å²) < 4.78 is 49.2. The molecule has 0 bridgehead atoms. The molecule has 1 heterocycles. The van der Waals surface area contributed by atoms with E-state index in [-0.39, 0.29) is 30.3 Å². The average Bonchev–Trinajstić information content (AvgIpc) is 2.49. The molecule has 1 fully saturated rings. The lowest BCUT2D eigenvalue weighted by molar-refractivity contribution is -0.149. The van der Waals surface area contributed by atoms with Crippen LogP contribution in [0.25, 0.3) is 0 Å². The Hall–Kier alpha value is -1.71. The third-order valence-corrected chi connectivity index (χ3v) is 5.04. The van der Waals surface area contributed by atoms with Gasteiger partial charge in [-0.1, -0.05) is 0 Å². The summed E-state index contributed by atoms with van der Waals surface area (Å²) in [6, 6.07) is 2.09. The number of nitrogen functional groups attached to an aromatic ring is 1. The van der Waals surface area contributed by atoms with Gasteiger partial charge < -0.3 is 15.2 Å². The molecule has 1 saturated heterocycles. The number of hydrogen-bond acceptors (Lipinski definition) is 6. The predicted molar refractivity (Wildman–Crippen MR) is 71.3 cm³/mol. The van der Waals surface area contributed by atoms with Crippen LogP contribution in [-0.4, -0.2) is 51.6 Å². The van der Waals surface area contributed by atoms with E-state index < -0.39 is 27.9 Å². The van der Waals surface area contributed by atoms with Crippen molar-refractivity contribution in [2.24, 2.45) is 0 Å². The van der Waals surface area contributed by atoms with Crippen LogP contribution in [0, 0.1) is 5.82 Å². The fourth-order valence-corrected chi connectivity index (χ4v) is 3.56. The molecule has 0 amide bonds. The van der Waals surface area contributed by atoms with Gasteiger partial charge in [0.2, 0.25) is 10.0 Å². The highest BCUT2D eigenvalue weighted by Crippen LogP contribution is 2.23. The van der Waals surface area contributed by atoms with E-state index in [1.165, 1.54) is 6.07 Å². The van der Waals surface area contributed by atoms with Crippen LogP contribution in [0.4, 0.5) is 10.1 Å². The zero-order valence-electron chi connectivity index (χ0n) is 11.3. The number of rotatable bonds is 3. The lowest BCUT2D eigenvalue weighted by atomic mass is 10.3. The number of nitrogens with two attached hydrogens (primary N) is 1. The monoisotopic (exact) mass is 318 g/mol. The normalized spacial score (nSPS) is 20.2. The number of halogens is 1. The summed E-state index contributed by atoms with van der Waals surface area (Å²) in [5.41, 5.74) is 5.18. The lowest BCUT2D eigenvalue weighted by Gasteiger charge is -2.32. The van der Waals surface area contributed by atoms with Crippen molar-refractivity contribution in [2.75, 3.05) is 32.6 Å². The molecule has 1 unspecified atom stereocenters. The van der Waals surface area contributed by atoms with Gasteiger partial charge in [-0.3, -0.25) is 4.79 Å². The largest absolute Gasteiger partial charge is 0.468 e. The second kappa shape index (κ2) is 5.96. The summed E-state index contributed by atoms with van der Waals surface area (Å²) >= 11 is 0. The first kappa shape index (κ1) is 15.7. The number of anilines is 1. The summed E-state index contributed by atoms with van der Waals surface area (Å²) in [5, 5.41) is 0. The summed E-state index contributed by atoms with van der Waals surface area (Å²) in [7, 11) is -2.89. The zero-order chi connectivity index (χ0) is 15.6. The van der Waals surface area contributed by atoms with Crippen LogP contribution in [0.3, 0.4) is 0 Å². The van der Waals surface area contributed by atoms with Gasteiger partial charge in [0.05, 0.1) is 30.9 Å². The molecular formula is C12H15FN2O5S. The highest BCUT2D eigenvalue weighted by molar-refractivity contribution is 7.89.